The smallest absolute Gasteiger partial charge is 0.322 e. The molecular formula is C23H17F3N4O3S. The highest BCUT2D eigenvalue weighted by Gasteiger charge is 2.37. The van der Waals surface area contributed by atoms with Crippen molar-refractivity contribution in [1.82, 2.24) is 9.88 Å². The molecule has 0 aliphatic carbocycles. The highest BCUT2D eigenvalue weighted by molar-refractivity contribution is 8.00. The van der Waals surface area contributed by atoms with Gasteiger partial charge in [-0.05, 0) is 59.8 Å². The molecule has 1 aliphatic heterocycles. The third-order valence-electron chi connectivity index (χ3n) is 4.91. The molecule has 1 N–H and O–H groups in total. The number of alkyl halides is 3. The molecule has 2 heterocycles. The van der Waals surface area contributed by atoms with E-state index in [1.54, 1.807) is 30.3 Å². The lowest BCUT2D eigenvalue weighted by Crippen LogP contribution is -2.33. The van der Waals surface area contributed by atoms with Gasteiger partial charge in [-0.3, -0.25) is 14.6 Å². The van der Waals surface area contributed by atoms with Gasteiger partial charge in [-0.1, -0.05) is 18.2 Å². The van der Waals surface area contributed by atoms with Gasteiger partial charge in [-0.15, -0.1) is 0 Å². The lowest BCUT2D eigenvalue weighted by Gasteiger charge is -2.19. The summed E-state index contributed by atoms with van der Waals surface area (Å²) in [6, 6.07) is 14.8. The quantitative estimate of drug-likeness (QED) is 0.395. The molecule has 1 fully saturated rings. The van der Waals surface area contributed by atoms with Crippen LogP contribution in [-0.2, 0) is 11.3 Å². The number of halogens is 3. The van der Waals surface area contributed by atoms with E-state index in [0.717, 1.165) is 4.90 Å². The topological polar surface area (TPSA) is 82.6 Å². The Balaban J connectivity index is 1.49. The Morgan fingerprint density at radius 3 is 2.41 bits per heavy atom. The average molecular weight is 486 g/mol. The van der Waals surface area contributed by atoms with Crippen LogP contribution in [0.25, 0.3) is 0 Å². The number of para-hydroxylation sites is 1. The van der Waals surface area contributed by atoms with Crippen molar-refractivity contribution in [3.63, 3.8) is 0 Å². The van der Waals surface area contributed by atoms with E-state index in [0.29, 0.717) is 11.3 Å². The van der Waals surface area contributed by atoms with Crippen LogP contribution in [0.5, 0.6) is 0 Å². The van der Waals surface area contributed by atoms with Gasteiger partial charge in [0.15, 0.2) is 0 Å². The first-order chi connectivity index (χ1) is 16.2. The van der Waals surface area contributed by atoms with Gasteiger partial charge in [-0.25, -0.2) is 9.69 Å². The minimum absolute atomic E-state index is 0.0247. The first kappa shape index (κ1) is 23.3. The SMILES string of the molecule is O=C(Nc1ccccc1)c1cnccc1CN1CC(=O)N(c2ccc(SC(F)(F)F)cc2)C1=O. The van der Waals surface area contributed by atoms with E-state index in [2.05, 4.69) is 10.3 Å². The maximum absolute atomic E-state index is 12.9. The van der Waals surface area contributed by atoms with Crippen molar-refractivity contribution in [3.05, 3.63) is 84.2 Å². The summed E-state index contributed by atoms with van der Waals surface area (Å²) in [6.07, 6.45) is 2.86. The van der Waals surface area contributed by atoms with Crippen LogP contribution in [0.3, 0.4) is 0 Å². The molecule has 4 rings (SSSR count). The second kappa shape index (κ2) is 9.56. The summed E-state index contributed by atoms with van der Waals surface area (Å²) in [5.74, 6) is -0.938. The lowest BCUT2D eigenvalue weighted by molar-refractivity contribution is -0.116. The summed E-state index contributed by atoms with van der Waals surface area (Å²) >= 11 is -0.282. The minimum Gasteiger partial charge on any atom is -0.322 e. The Morgan fingerprint density at radius 1 is 1.03 bits per heavy atom. The molecular weight excluding hydrogens is 469 g/mol. The zero-order valence-corrected chi connectivity index (χ0v) is 18.3. The van der Waals surface area contributed by atoms with E-state index in [4.69, 9.17) is 0 Å². The predicted octanol–water partition coefficient (Wildman–Crippen LogP) is 4.91. The molecule has 1 aliphatic rings. The maximum atomic E-state index is 12.9. The van der Waals surface area contributed by atoms with Crippen LogP contribution < -0.4 is 10.2 Å². The third kappa shape index (κ3) is 5.37. The van der Waals surface area contributed by atoms with Gasteiger partial charge in [0, 0.05) is 29.5 Å². The van der Waals surface area contributed by atoms with Gasteiger partial charge in [0.25, 0.3) is 11.8 Å². The molecule has 2 aromatic carbocycles. The van der Waals surface area contributed by atoms with Crippen molar-refractivity contribution in [2.75, 3.05) is 16.8 Å². The van der Waals surface area contributed by atoms with Crippen molar-refractivity contribution in [2.45, 2.75) is 16.9 Å². The van der Waals surface area contributed by atoms with E-state index in [1.807, 2.05) is 6.07 Å². The van der Waals surface area contributed by atoms with Crippen LogP contribution in [0, 0.1) is 0 Å². The number of nitrogens with one attached hydrogen (secondary N) is 1. The molecule has 0 radical (unpaired) electrons. The zero-order valence-electron chi connectivity index (χ0n) is 17.5. The van der Waals surface area contributed by atoms with Crippen molar-refractivity contribution < 1.29 is 27.6 Å². The number of urea groups is 1. The van der Waals surface area contributed by atoms with Crippen molar-refractivity contribution in [3.8, 4) is 0 Å². The van der Waals surface area contributed by atoms with Crippen molar-refractivity contribution in [1.29, 1.82) is 0 Å². The molecule has 174 valence electrons. The van der Waals surface area contributed by atoms with E-state index < -0.39 is 23.4 Å². The Hall–Kier alpha value is -3.86. The van der Waals surface area contributed by atoms with Crippen LogP contribution in [0.2, 0.25) is 0 Å². The van der Waals surface area contributed by atoms with Crippen molar-refractivity contribution in [2.24, 2.45) is 0 Å². The van der Waals surface area contributed by atoms with Crippen molar-refractivity contribution >= 4 is 41.0 Å². The van der Waals surface area contributed by atoms with Crippen LogP contribution in [0.15, 0.2) is 78.0 Å². The van der Waals surface area contributed by atoms with Gasteiger partial charge in [0.2, 0.25) is 0 Å². The number of anilines is 2. The molecule has 34 heavy (non-hydrogen) atoms. The Labute approximate surface area is 196 Å². The standard InChI is InChI=1S/C23H17F3N4O3S/c24-23(25,26)34-18-8-6-17(7-9-18)30-20(31)14-29(22(30)33)13-15-10-11-27-12-19(15)21(32)28-16-4-2-1-3-5-16/h1-12H,13-14H2,(H,28,32). The number of pyridine rings is 1. The van der Waals surface area contributed by atoms with E-state index in [9.17, 15) is 27.6 Å². The van der Waals surface area contributed by atoms with Gasteiger partial charge in [0.1, 0.15) is 6.54 Å². The number of benzene rings is 2. The highest BCUT2D eigenvalue weighted by Crippen LogP contribution is 2.37. The third-order valence-corrected chi connectivity index (χ3v) is 5.65. The number of thioether (sulfide) groups is 1. The Kier molecular flexibility index (Phi) is 6.55. The second-order valence-electron chi connectivity index (χ2n) is 7.26. The van der Waals surface area contributed by atoms with Crippen LogP contribution >= 0.6 is 11.8 Å². The fraction of sp³-hybridized carbons (Fsp3) is 0.130. The molecule has 0 saturated carbocycles. The Morgan fingerprint density at radius 2 is 1.74 bits per heavy atom. The molecule has 11 heteroatoms. The number of rotatable bonds is 6. The Bertz CT molecular complexity index is 1220. The van der Waals surface area contributed by atoms with Crippen LogP contribution in [0.1, 0.15) is 15.9 Å². The second-order valence-corrected chi connectivity index (χ2v) is 8.40. The maximum Gasteiger partial charge on any atom is 0.446 e. The first-order valence-corrected chi connectivity index (χ1v) is 10.8. The minimum atomic E-state index is -4.44. The molecule has 1 saturated heterocycles. The van der Waals surface area contributed by atoms with Gasteiger partial charge < -0.3 is 10.2 Å². The number of hydrogen-bond acceptors (Lipinski definition) is 5. The van der Waals surface area contributed by atoms with E-state index in [1.165, 1.54) is 41.6 Å². The van der Waals surface area contributed by atoms with Crippen LogP contribution in [-0.4, -0.2) is 39.8 Å². The first-order valence-electron chi connectivity index (χ1n) is 9.98. The van der Waals surface area contributed by atoms with Gasteiger partial charge >= 0.3 is 11.5 Å². The lowest BCUT2D eigenvalue weighted by atomic mass is 10.1. The summed E-state index contributed by atoms with van der Waals surface area (Å²) in [7, 11) is 0. The van der Waals surface area contributed by atoms with Crippen LogP contribution in [0.4, 0.5) is 29.3 Å². The molecule has 0 bridgehead atoms. The summed E-state index contributed by atoms with van der Waals surface area (Å²) in [6.45, 7) is -0.261. The summed E-state index contributed by atoms with van der Waals surface area (Å²) in [5.41, 5.74) is -2.94. The number of hydrogen-bond donors (Lipinski definition) is 1. The number of carbonyl (C=O) groups is 3. The molecule has 4 amide bonds. The summed E-state index contributed by atoms with van der Waals surface area (Å²) in [4.78, 5) is 44.3. The number of amides is 4. The number of nitrogens with zero attached hydrogens (tertiary/aromatic N) is 3. The number of imide groups is 1. The largest absolute Gasteiger partial charge is 0.446 e. The molecule has 0 unspecified atom stereocenters. The number of aromatic nitrogens is 1. The van der Waals surface area contributed by atoms with Gasteiger partial charge in [-0.2, -0.15) is 13.2 Å². The fourth-order valence-corrected chi connectivity index (χ4v) is 3.96. The molecule has 0 spiro atoms. The average Bonchev–Trinajstić information content (AvgIpc) is 3.07. The molecule has 3 aromatic rings. The molecule has 0 atom stereocenters. The normalized spacial score (nSPS) is 14.0. The molecule has 7 nitrogen and oxygen atoms in total. The monoisotopic (exact) mass is 486 g/mol. The number of carbonyl (C=O) groups excluding carboxylic acids is 3. The summed E-state index contributed by atoms with van der Waals surface area (Å²) in [5, 5.41) is 2.76. The fourth-order valence-electron chi connectivity index (χ4n) is 3.42. The zero-order chi connectivity index (χ0) is 24.3. The highest BCUT2D eigenvalue weighted by atomic mass is 32.2. The van der Waals surface area contributed by atoms with E-state index in [-0.39, 0.29) is 41.0 Å². The molecule has 1 aromatic heterocycles. The summed E-state index contributed by atoms with van der Waals surface area (Å²) < 4.78 is 37.6. The van der Waals surface area contributed by atoms with E-state index >= 15 is 0 Å². The predicted molar refractivity (Wildman–Crippen MR) is 120 cm³/mol. The van der Waals surface area contributed by atoms with Gasteiger partial charge in [0.05, 0.1) is 11.3 Å².